The molecule has 1 unspecified atom stereocenters. The van der Waals surface area contributed by atoms with Gasteiger partial charge in [-0.1, -0.05) is 41.9 Å². The van der Waals surface area contributed by atoms with Gasteiger partial charge >= 0.3 is 6.18 Å². The Labute approximate surface area is 187 Å². The molecule has 0 fully saturated rings. The maximum Gasteiger partial charge on any atom is 0.417 e. The number of rotatable bonds is 6. The molecular weight excluding hydrogens is 467 g/mol. The molecule has 0 spiro atoms. The third-order valence-electron chi connectivity index (χ3n) is 4.39. The zero-order valence-corrected chi connectivity index (χ0v) is 18.1. The fourth-order valence-corrected chi connectivity index (χ4v) is 3.69. The van der Waals surface area contributed by atoms with Crippen LogP contribution < -0.4 is 10.1 Å². The second-order valence-corrected chi connectivity index (χ2v) is 9.26. The van der Waals surface area contributed by atoms with Crippen LogP contribution in [0.25, 0.3) is 0 Å². The number of halogens is 4. The van der Waals surface area contributed by atoms with Crippen LogP contribution in [0.5, 0.6) is 5.75 Å². The van der Waals surface area contributed by atoms with Crippen LogP contribution in [0.3, 0.4) is 0 Å². The first-order chi connectivity index (χ1) is 14.9. The first-order valence-electron chi connectivity index (χ1n) is 9.14. The third kappa shape index (κ3) is 5.80. The number of benzene rings is 3. The standard InChI is InChI=1S/C22H17ClF3NO4S/c1-32(29,30)17-10-8-16(9-11-17)31-20(14-5-3-2-4-6-14)21(28)27-15-7-12-19(23)18(13-15)22(24,25)26/h2-13,20H,1H3,(H,27,28). The molecule has 3 rings (SSSR count). The predicted octanol–water partition coefficient (Wildman–Crippen LogP) is 5.52. The van der Waals surface area contributed by atoms with E-state index in [1.165, 1.54) is 30.3 Å². The van der Waals surface area contributed by atoms with Crippen LogP contribution in [0, 0.1) is 0 Å². The van der Waals surface area contributed by atoms with Gasteiger partial charge in [-0.15, -0.1) is 0 Å². The Kier molecular flexibility index (Phi) is 6.80. The Balaban J connectivity index is 1.89. The highest BCUT2D eigenvalue weighted by Gasteiger charge is 2.34. The quantitative estimate of drug-likeness (QED) is 0.501. The molecule has 0 aliphatic carbocycles. The number of carbonyl (C=O) groups is 1. The maximum atomic E-state index is 13.1. The van der Waals surface area contributed by atoms with Gasteiger partial charge in [-0.3, -0.25) is 4.79 Å². The van der Waals surface area contributed by atoms with Gasteiger partial charge in [-0.25, -0.2) is 8.42 Å². The van der Waals surface area contributed by atoms with Crippen molar-refractivity contribution in [3.05, 3.63) is 88.9 Å². The molecule has 0 saturated heterocycles. The zero-order valence-electron chi connectivity index (χ0n) is 16.6. The van der Waals surface area contributed by atoms with Crippen molar-refractivity contribution in [1.29, 1.82) is 0 Å². The second-order valence-electron chi connectivity index (χ2n) is 6.83. The molecule has 168 valence electrons. The number of alkyl halides is 3. The van der Waals surface area contributed by atoms with E-state index >= 15 is 0 Å². The Morgan fingerprint density at radius 1 is 1.00 bits per heavy atom. The molecule has 10 heteroatoms. The first kappa shape index (κ1) is 23.6. The molecule has 0 saturated carbocycles. The van der Waals surface area contributed by atoms with Crippen LogP contribution in [-0.4, -0.2) is 20.6 Å². The summed E-state index contributed by atoms with van der Waals surface area (Å²) in [5, 5.41) is 1.93. The molecule has 1 atom stereocenters. The molecule has 3 aromatic carbocycles. The summed E-state index contributed by atoms with van der Waals surface area (Å²) in [6, 6.07) is 16.8. The van der Waals surface area contributed by atoms with E-state index in [1.807, 2.05) is 0 Å². The van der Waals surface area contributed by atoms with E-state index in [0.29, 0.717) is 5.56 Å². The van der Waals surface area contributed by atoms with Crippen molar-refractivity contribution in [3.8, 4) is 5.75 Å². The van der Waals surface area contributed by atoms with Crippen molar-refractivity contribution in [2.45, 2.75) is 17.2 Å². The molecule has 0 bridgehead atoms. The molecule has 0 aromatic heterocycles. The fraction of sp³-hybridized carbons (Fsp3) is 0.136. The lowest BCUT2D eigenvalue weighted by Crippen LogP contribution is -2.26. The maximum absolute atomic E-state index is 13.1. The van der Waals surface area contributed by atoms with Crippen molar-refractivity contribution in [2.75, 3.05) is 11.6 Å². The summed E-state index contributed by atoms with van der Waals surface area (Å²) >= 11 is 5.63. The first-order valence-corrected chi connectivity index (χ1v) is 11.4. The third-order valence-corrected chi connectivity index (χ3v) is 5.84. The Morgan fingerprint density at radius 3 is 2.19 bits per heavy atom. The number of hydrogen-bond acceptors (Lipinski definition) is 4. The summed E-state index contributed by atoms with van der Waals surface area (Å²) in [6.07, 6.45) is -4.84. The van der Waals surface area contributed by atoms with Crippen molar-refractivity contribution >= 4 is 33.0 Å². The lowest BCUT2D eigenvalue weighted by Gasteiger charge is -2.20. The molecule has 1 N–H and O–H groups in total. The number of hydrogen-bond donors (Lipinski definition) is 1. The Hall–Kier alpha value is -3.04. The lowest BCUT2D eigenvalue weighted by atomic mass is 10.1. The van der Waals surface area contributed by atoms with Gasteiger partial charge in [0.25, 0.3) is 5.91 Å². The van der Waals surface area contributed by atoms with Gasteiger partial charge in [-0.2, -0.15) is 13.2 Å². The lowest BCUT2D eigenvalue weighted by molar-refractivity contribution is -0.137. The normalized spacial score (nSPS) is 12.8. The highest BCUT2D eigenvalue weighted by atomic mass is 35.5. The topological polar surface area (TPSA) is 72.5 Å². The summed E-state index contributed by atoms with van der Waals surface area (Å²) in [5.41, 5.74) is -0.739. The average Bonchev–Trinajstić information content (AvgIpc) is 2.73. The minimum Gasteiger partial charge on any atom is -0.476 e. The van der Waals surface area contributed by atoms with Crippen molar-refractivity contribution in [1.82, 2.24) is 0 Å². The average molecular weight is 484 g/mol. The summed E-state index contributed by atoms with van der Waals surface area (Å²) in [7, 11) is -3.41. The Morgan fingerprint density at radius 2 is 1.62 bits per heavy atom. The van der Waals surface area contributed by atoms with E-state index in [4.69, 9.17) is 16.3 Å². The van der Waals surface area contributed by atoms with E-state index in [1.54, 1.807) is 30.3 Å². The Bertz CT molecular complexity index is 1210. The molecule has 5 nitrogen and oxygen atoms in total. The highest BCUT2D eigenvalue weighted by Crippen LogP contribution is 2.36. The van der Waals surface area contributed by atoms with Crippen LogP contribution in [0.15, 0.2) is 77.7 Å². The van der Waals surface area contributed by atoms with Gasteiger partial charge in [0.15, 0.2) is 9.84 Å². The molecular formula is C22H17ClF3NO4S. The second kappa shape index (κ2) is 9.22. The van der Waals surface area contributed by atoms with Crippen molar-refractivity contribution in [3.63, 3.8) is 0 Å². The fourth-order valence-electron chi connectivity index (χ4n) is 2.83. The smallest absolute Gasteiger partial charge is 0.417 e. The van der Waals surface area contributed by atoms with Gasteiger partial charge < -0.3 is 10.1 Å². The van der Waals surface area contributed by atoms with E-state index in [2.05, 4.69) is 5.32 Å². The molecule has 0 aliphatic rings. The summed E-state index contributed by atoms with van der Waals surface area (Å²) in [4.78, 5) is 13.0. The molecule has 3 aromatic rings. The van der Waals surface area contributed by atoms with Gasteiger partial charge in [0.1, 0.15) is 5.75 Å². The summed E-state index contributed by atoms with van der Waals surface area (Å²) in [6.45, 7) is 0. The predicted molar refractivity (Wildman–Crippen MR) is 114 cm³/mol. The number of anilines is 1. The monoisotopic (exact) mass is 483 g/mol. The van der Waals surface area contributed by atoms with Gasteiger partial charge in [0.05, 0.1) is 15.5 Å². The molecule has 0 radical (unpaired) electrons. The zero-order chi connectivity index (χ0) is 23.5. The summed E-state index contributed by atoms with van der Waals surface area (Å²) in [5.74, 6) is -0.521. The van der Waals surface area contributed by atoms with Gasteiger partial charge in [0, 0.05) is 17.5 Å². The van der Waals surface area contributed by atoms with Gasteiger partial charge in [0.2, 0.25) is 6.10 Å². The van der Waals surface area contributed by atoms with Crippen LogP contribution >= 0.6 is 11.6 Å². The minimum atomic E-state index is -4.69. The number of nitrogens with one attached hydrogen (secondary N) is 1. The SMILES string of the molecule is CS(=O)(=O)c1ccc(OC(C(=O)Nc2ccc(Cl)c(C(F)(F)F)c2)c2ccccc2)cc1. The largest absolute Gasteiger partial charge is 0.476 e. The van der Waals surface area contributed by atoms with Crippen LogP contribution in [0.2, 0.25) is 5.02 Å². The molecule has 0 heterocycles. The summed E-state index contributed by atoms with van der Waals surface area (Å²) < 4.78 is 68.4. The van der Waals surface area contributed by atoms with Crippen LogP contribution in [-0.2, 0) is 20.8 Å². The molecule has 1 amide bonds. The molecule has 32 heavy (non-hydrogen) atoms. The van der Waals surface area contributed by atoms with E-state index in [0.717, 1.165) is 18.4 Å². The van der Waals surface area contributed by atoms with Crippen molar-refractivity contribution < 1.29 is 31.1 Å². The minimum absolute atomic E-state index is 0.0754. The van der Waals surface area contributed by atoms with E-state index in [-0.39, 0.29) is 16.3 Å². The van der Waals surface area contributed by atoms with Crippen LogP contribution in [0.1, 0.15) is 17.2 Å². The van der Waals surface area contributed by atoms with Gasteiger partial charge in [-0.05, 0) is 42.5 Å². The number of carbonyl (C=O) groups excluding carboxylic acids is 1. The molecule has 0 aliphatic heterocycles. The van der Waals surface area contributed by atoms with Crippen molar-refractivity contribution in [2.24, 2.45) is 0 Å². The number of ether oxygens (including phenoxy) is 1. The van der Waals surface area contributed by atoms with E-state index < -0.39 is 38.6 Å². The number of sulfone groups is 1. The number of amides is 1. The van der Waals surface area contributed by atoms with E-state index in [9.17, 15) is 26.4 Å². The van der Waals surface area contributed by atoms with Crippen LogP contribution in [0.4, 0.5) is 18.9 Å². The highest BCUT2D eigenvalue weighted by molar-refractivity contribution is 7.90.